The van der Waals surface area contributed by atoms with E-state index in [2.05, 4.69) is 0 Å². The van der Waals surface area contributed by atoms with Crippen LogP contribution in [0.3, 0.4) is 0 Å². The fraction of sp³-hybridized carbons (Fsp3) is 0.455. The molecule has 0 atom stereocenters. The van der Waals surface area contributed by atoms with E-state index in [1.165, 1.54) is 6.07 Å². The summed E-state index contributed by atoms with van der Waals surface area (Å²) in [4.78, 5) is 0. The van der Waals surface area contributed by atoms with Crippen LogP contribution in [0.5, 0.6) is 0 Å². The minimum Gasteiger partial charge on any atom is -0.330 e. The summed E-state index contributed by atoms with van der Waals surface area (Å²) in [5.74, 6) is -0.268. The van der Waals surface area contributed by atoms with Crippen molar-refractivity contribution in [3.8, 4) is 0 Å². The van der Waals surface area contributed by atoms with Crippen molar-refractivity contribution in [3.63, 3.8) is 0 Å². The van der Waals surface area contributed by atoms with Crippen LogP contribution >= 0.6 is 11.6 Å². The molecule has 14 heavy (non-hydrogen) atoms. The summed E-state index contributed by atoms with van der Waals surface area (Å²) < 4.78 is 13.2. The van der Waals surface area contributed by atoms with E-state index in [1.807, 2.05) is 6.92 Å². The summed E-state index contributed by atoms with van der Waals surface area (Å²) in [6, 6.07) is 2.92. The maximum absolute atomic E-state index is 13.2. The SMILES string of the molecule is Cc1c(Cl)cc(F)cc1C1(CN)CC1. The smallest absolute Gasteiger partial charge is 0.125 e. The summed E-state index contributed by atoms with van der Waals surface area (Å²) in [7, 11) is 0. The molecule has 0 aromatic heterocycles. The van der Waals surface area contributed by atoms with Crippen LogP contribution in [0, 0.1) is 12.7 Å². The number of nitrogens with two attached hydrogens (primary N) is 1. The largest absolute Gasteiger partial charge is 0.330 e. The van der Waals surface area contributed by atoms with Crippen LogP contribution in [0.4, 0.5) is 4.39 Å². The fourth-order valence-corrected chi connectivity index (χ4v) is 2.14. The average Bonchev–Trinajstić information content (AvgIpc) is 2.92. The summed E-state index contributed by atoms with van der Waals surface area (Å²) >= 11 is 5.93. The number of benzene rings is 1. The second kappa shape index (κ2) is 3.21. The van der Waals surface area contributed by atoms with Gasteiger partial charge in [0.1, 0.15) is 5.82 Å². The number of hydrogen-bond donors (Lipinski definition) is 1. The van der Waals surface area contributed by atoms with E-state index in [-0.39, 0.29) is 11.2 Å². The molecule has 2 N–H and O–H groups in total. The molecule has 1 nitrogen and oxygen atoms in total. The summed E-state index contributed by atoms with van der Waals surface area (Å²) in [5.41, 5.74) is 7.67. The molecule has 0 amide bonds. The Labute approximate surface area is 88.1 Å². The molecule has 0 unspecified atom stereocenters. The third-order valence-corrected chi connectivity index (χ3v) is 3.52. The van der Waals surface area contributed by atoms with Gasteiger partial charge in [-0.15, -0.1) is 0 Å². The zero-order valence-electron chi connectivity index (χ0n) is 8.11. The van der Waals surface area contributed by atoms with Crippen molar-refractivity contribution in [2.75, 3.05) is 6.54 Å². The van der Waals surface area contributed by atoms with E-state index in [4.69, 9.17) is 17.3 Å². The molecule has 1 aliphatic rings. The van der Waals surface area contributed by atoms with Gasteiger partial charge in [0.2, 0.25) is 0 Å². The van der Waals surface area contributed by atoms with Crippen LogP contribution in [0.2, 0.25) is 5.02 Å². The maximum Gasteiger partial charge on any atom is 0.125 e. The predicted octanol–water partition coefficient (Wildman–Crippen LogP) is 2.78. The van der Waals surface area contributed by atoms with Crippen molar-refractivity contribution >= 4 is 11.6 Å². The Bertz CT molecular complexity index is 372. The molecule has 0 bridgehead atoms. The number of rotatable bonds is 2. The highest BCUT2D eigenvalue weighted by Crippen LogP contribution is 2.49. The summed E-state index contributed by atoms with van der Waals surface area (Å²) in [6.45, 7) is 2.50. The van der Waals surface area contributed by atoms with Gasteiger partial charge in [-0.25, -0.2) is 4.39 Å². The average molecular weight is 214 g/mol. The minimum atomic E-state index is -0.268. The molecule has 1 aromatic rings. The fourth-order valence-electron chi connectivity index (χ4n) is 1.93. The molecule has 0 aliphatic heterocycles. The first-order chi connectivity index (χ1) is 6.59. The highest BCUT2D eigenvalue weighted by molar-refractivity contribution is 6.31. The zero-order chi connectivity index (χ0) is 10.3. The van der Waals surface area contributed by atoms with Gasteiger partial charge in [-0.2, -0.15) is 0 Å². The second-order valence-corrected chi connectivity index (χ2v) is 4.45. The lowest BCUT2D eigenvalue weighted by atomic mass is 9.92. The van der Waals surface area contributed by atoms with Crippen molar-refractivity contribution in [1.82, 2.24) is 0 Å². The Kier molecular flexibility index (Phi) is 2.28. The van der Waals surface area contributed by atoms with Crippen LogP contribution in [0.25, 0.3) is 0 Å². The molecule has 1 aliphatic carbocycles. The van der Waals surface area contributed by atoms with Gasteiger partial charge in [0, 0.05) is 17.0 Å². The van der Waals surface area contributed by atoms with Crippen molar-refractivity contribution in [1.29, 1.82) is 0 Å². The standard InChI is InChI=1S/C11H13ClFN/c1-7-9(11(6-14)2-3-11)4-8(13)5-10(7)12/h4-5H,2-3,6,14H2,1H3. The van der Waals surface area contributed by atoms with E-state index in [1.54, 1.807) is 6.07 Å². The Morgan fingerprint density at radius 3 is 2.64 bits per heavy atom. The first kappa shape index (κ1) is 9.94. The molecule has 0 spiro atoms. The topological polar surface area (TPSA) is 26.0 Å². The normalized spacial score (nSPS) is 18.3. The highest BCUT2D eigenvalue weighted by Gasteiger charge is 2.44. The Morgan fingerprint density at radius 2 is 2.14 bits per heavy atom. The molecular formula is C11H13ClFN. The van der Waals surface area contributed by atoms with Gasteiger partial charge in [-0.1, -0.05) is 11.6 Å². The van der Waals surface area contributed by atoms with E-state index in [0.29, 0.717) is 11.6 Å². The van der Waals surface area contributed by atoms with Gasteiger partial charge in [0.05, 0.1) is 0 Å². The van der Waals surface area contributed by atoms with Gasteiger partial charge < -0.3 is 5.73 Å². The van der Waals surface area contributed by atoms with Crippen LogP contribution in [-0.4, -0.2) is 6.54 Å². The highest BCUT2D eigenvalue weighted by atomic mass is 35.5. The second-order valence-electron chi connectivity index (χ2n) is 4.04. The van der Waals surface area contributed by atoms with Gasteiger partial charge in [0.25, 0.3) is 0 Å². The first-order valence-corrected chi connectivity index (χ1v) is 5.13. The third-order valence-electron chi connectivity index (χ3n) is 3.12. The molecule has 1 fully saturated rings. The molecule has 0 saturated heterocycles. The number of hydrogen-bond acceptors (Lipinski definition) is 1. The van der Waals surface area contributed by atoms with E-state index < -0.39 is 0 Å². The van der Waals surface area contributed by atoms with Crippen molar-refractivity contribution in [3.05, 3.63) is 34.1 Å². The summed E-state index contributed by atoms with van der Waals surface area (Å²) in [6.07, 6.45) is 2.09. The van der Waals surface area contributed by atoms with Gasteiger partial charge in [-0.05, 0) is 43.0 Å². The van der Waals surface area contributed by atoms with Crippen molar-refractivity contribution < 1.29 is 4.39 Å². The molecular weight excluding hydrogens is 201 g/mol. The maximum atomic E-state index is 13.2. The van der Waals surface area contributed by atoms with E-state index in [0.717, 1.165) is 24.0 Å². The lowest BCUT2D eigenvalue weighted by Crippen LogP contribution is -2.21. The third kappa shape index (κ3) is 1.43. The van der Waals surface area contributed by atoms with Crippen molar-refractivity contribution in [2.45, 2.75) is 25.2 Å². The monoisotopic (exact) mass is 213 g/mol. The van der Waals surface area contributed by atoms with Crippen LogP contribution in [-0.2, 0) is 5.41 Å². The van der Waals surface area contributed by atoms with E-state index in [9.17, 15) is 4.39 Å². The molecule has 1 aromatic carbocycles. The van der Waals surface area contributed by atoms with Crippen LogP contribution in [0.1, 0.15) is 24.0 Å². The molecule has 2 rings (SSSR count). The summed E-state index contributed by atoms with van der Waals surface area (Å²) in [5, 5.41) is 0.500. The molecule has 76 valence electrons. The van der Waals surface area contributed by atoms with Gasteiger partial charge in [0.15, 0.2) is 0 Å². The minimum absolute atomic E-state index is 0.00975. The molecule has 3 heteroatoms. The van der Waals surface area contributed by atoms with Gasteiger partial charge >= 0.3 is 0 Å². The first-order valence-electron chi connectivity index (χ1n) is 4.75. The Balaban J connectivity index is 2.52. The Hall–Kier alpha value is -0.600. The van der Waals surface area contributed by atoms with Gasteiger partial charge in [-0.3, -0.25) is 0 Å². The molecule has 0 heterocycles. The molecule has 0 radical (unpaired) electrons. The molecule has 1 saturated carbocycles. The Morgan fingerprint density at radius 1 is 1.50 bits per heavy atom. The lowest BCUT2D eigenvalue weighted by Gasteiger charge is -2.16. The van der Waals surface area contributed by atoms with Crippen molar-refractivity contribution in [2.24, 2.45) is 5.73 Å². The predicted molar refractivity (Wildman–Crippen MR) is 56.1 cm³/mol. The quantitative estimate of drug-likeness (QED) is 0.804. The van der Waals surface area contributed by atoms with E-state index >= 15 is 0 Å². The lowest BCUT2D eigenvalue weighted by molar-refractivity contribution is 0.614. The van der Waals surface area contributed by atoms with Crippen LogP contribution in [0.15, 0.2) is 12.1 Å². The zero-order valence-corrected chi connectivity index (χ0v) is 8.87. The van der Waals surface area contributed by atoms with Crippen LogP contribution < -0.4 is 5.73 Å². The number of halogens is 2.